The van der Waals surface area contributed by atoms with Gasteiger partial charge in [-0.25, -0.2) is 4.98 Å². The molecule has 0 saturated carbocycles. The highest BCUT2D eigenvalue weighted by Crippen LogP contribution is 2.23. The number of oxazole rings is 1. The van der Waals surface area contributed by atoms with E-state index in [1.54, 1.807) is 6.20 Å². The Hall–Kier alpha value is -1.85. The Morgan fingerprint density at radius 2 is 1.85 bits per heavy atom. The van der Waals surface area contributed by atoms with Crippen LogP contribution in [0.3, 0.4) is 0 Å². The highest BCUT2D eigenvalue weighted by Gasteiger charge is 2.28. The van der Waals surface area contributed by atoms with Gasteiger partial charge in [0.1, 0.15) is 0 Å². The quantitative estimate of drug-likeness (QED) is 0.932. The Labute approximate surface area is 117 Å². The summed E-state index contributed by atoms with van der Waals surface area (Å²) in [4.78, 5) is 3.91. The molecule has 0 spiro atoms. The summed E-state index contributed by atoms with van der Waals surface area (Å²) in [7, 11) is 0. The summed E-state index contributed by atoms with van der Waals surface area (Å²) in [5, 5.41) is 3.39. The van der Waals surface area contributed by atoms with E-state index < -0.39 is 5.79 Å². The molecule has 5 nitrogen and oxygen atoms in total. The van der Waals surface area contributed by atoms with Crippen molar-refractivity contribution in [3.05, 3.63) is 36.9 Å². The van der Waals surface area contributed by atoms with Crippen LogP contribution in [0.5, 0.6) is 0 Å². The van der Waals surface area contributed by atoms with Crippen LogP contribution < -0.4 is 5.32 Å². The van der Waals surface area contributed by atoms with Crippen LogP contribution in [0.25, 0.3) is 11.3 Å². The molecule has 1 fully saturated rings. The largest absolute Gasteiger partial charge is 0.444 e. The van der Waals surface area contributed by atoms with Gasteiger partial charge in [-0.15, -0.1) is 0 Å². The van der Waals surface area contributed by atoms with E-state index in [2.05, 4.69) is 10.3 Å². The fourth-order valence-electron chi connectivity index (χ4n) is 2.10. The number of benzene rings is 1. The number of nitrogens with one attached hydrogen (secondary N) is 1. The van der Waals surface area contributed by atoms with Gasteiger partial charge in [-0.05, 0) is 38.1 Å². The first-order valence-electron chi connectivity index (χ1n) is 6.66. The van der Waals surface area contributed by atoms with Crippen molar-refractivity contribution in [2.75, 3.05) is 18.5 Å². The molecule has 0 radical (unpaired) electrons. The van der Waals surface area contributed by atoms with Gasteiger partial charge < -0.3 is 19.2 Å². The molecule has 1 aromatic heterocycles. The van der Waals surface area contributed by atoms with E-state index >= 15 is 0 Å². The summed E-state index contributed by atoms with van der Waals surface area (Å²) in [6.45, 7) is 5.12. The molecular formula is C15H18N2O3. The summed E-state index contributed by atoms with van der Waals surface area (Å²) in [5.41, 5.74) is 2.04. The fraction of sp³-hybridized carbons (Fsp3) is 0.400. The van der Waals surface area contributed by atoms with Crippen molar-refractivity contribution in [2.24, 2.45) is 0 Å². The van der Waals surface area contributed by atoms with Gasteiger partial charge in [0.25, 0.3) is 0 Å². The minimum absolute atomic E-state index is 0.166. The molecule has 0 amide bonds. The number of hydrogen-bond acceptors (Lipinski definition) is 5. The summed E-state index contributed by atoms with van der Waals surface area (Å²) in [5.74, 6) is 0.288. The van der Waals surface area contributed by atoms with E-state index in [9.17, 15) is 0 Å². The number of nitrogens with zero attached hydrogens (tertiary/aromatic N) is 1. The smallest absolute Gasteiger partial charge is 0.181 e. The lowest BCUT2D eigenvalue weighted by Gasteiger charge is -2.35. The summed E-state index contributed by atoms with van der Waals surface area (Å²) in [6, 6.07) is 8.18. The summed E-state index contributed by atoms with van der Waals surface area (Å²) < 4.78 is 16.5. The molecule has 0 aliphatic carbocycles. The van der Waals surface area contributed by atoms with Gasteiger partial charge in [0.05, 0.1) is 25.5 Å². The molecular weight excluding hydrogens is 256 g/mol. The van der Waals surface area contributed by atoms with Gasteiger partial charge >= 0.3 is 0 Å². The highest BCUT2D eigenvalue weighted by molar-refractivity contribution is 5.60. The van der Waals surface area contributed by atoms with Gasteiger partial charge in [0.15, 0.2) is 17.9 Å². The van der Waals surface area contributed by atoms with E-state index in [4.69, 9.17) is 13.9 Å². The number of rotatable bonds is 3. The van der Waals surface area contributed by atoms with Crippen LogP contribution in [0.1, 0.15) is 13.8 Å². The molecule has 0 unspecified atom stereocenters. The van der Waals surface area contributed by atoms with Crippen molar-refractivity contribution in [1.82, 2.24) is 4.98 Å². The van der Waals surface area contributed by atoms with Crippen LogP contribution in [0.2, 0.25) is 0 Å². The minimum atomic E-state index is -0.478. The first-order chi connectivity index (χ1) is 9.62. The van der Waals surface area contributed by atoms with Crippen LogP contribution >= 0.6 is 0 Å². The second-order valence-corrected chi connectivity index (χ2v) is 5.31. The molecule has 1 aromatic carbocycles. The topological polar surface area (TPSA) is 56.5 Å². The Kier molecular flexibility index (Phi) is 3.46. The zero-order valence-electron chi connectivity index (χ0n) is 11.6. The minimum Gasteiger partial charge on any atom is -0.444 e. The highest BCUT2D eigenvalue weighted by atomic mass is 16.7. The van der Waals surface area contributed by atoms with Crippen LogP contribution in [0.15, 0.2) is 41.3 Å². The lowest BCUT2D eigenvalue weighted by molar-refractivity contribution is -0.247. The van der Waals surface area contributed by atoms with Crippen molar-refractivity contribution < 1.29 is 13.9 Å². The van der Waals surface area contributed by atoms with Crippen molar-refractivity contribution in [3.63, 3.8) is 0 Å². The van der Waals surface area contributed by atoms with Gasteiger partial charge in [-0.3, -0.25) is 0 Å². The number of ether oxygens (including phenoxy) is 2. The van der Waals surface area contributed by atoms with Crippen LogP contribution in [-0.4, -0.2) is 30.0 Å². The van der Waals surface area contributed by atoms with E-state index in [0.717, 1.165) is 17.0 Å². The maximum Gasteiger partial charge on any atom is 0.181 e. The first kappa shape index (κ1) is 13.1. The zero-order chi connectivity index (χ0) is 14.0. The van der Waals surface area contributed by atoms with Gasteiger partial charge in [0, 0.05) is 11.3 Å². The predicted octanol–water partition coefficient (Wildman–Crippen LogP) is 2.91. The lowest BCUT2D eigenvalue weighted by Crippen LogP contribution is -2.45. The average Bonchev–Trinajstić information content (AvgIpc) is 2.96. The molecule has 3 rings (SSSR count). The molecule has 5 heteroatoms. The first-order valence-corrected chi connectivity index (χ1v) is 6.66. The molecule has 2 heterocycles. The summed E-state index contributed by atoms with van der Waals surface area (Å²) >= 11 is 0. The van der Waals surface area contributed by atoms with Gasteiger partial charge in [-0.2, -0.15) is 0 Å². The molecule has 2 aromatic rings. The van der Waals surface area contributed by atoms with Crippen molar-refractivity contribution in [3.8, 4) is 11.3 Å². The van der Waals surface area contributed by atoms with Crippen molar-refractivity contribution >= 4 is 5.69 Å². The zero-order valence-corrected chi connectivity index (χ0v) is 11.6. The third-order valence-electron chi connectivity index (χ3n) is 3.24. The number of hydrogen-bond donors (Lipinski definition) is 1. The van der Waals surface area contributed by atoms with E-state index in [1.807, 2.05) is 38.1 Å². The Bertz CT molecular complexity index is 539. The molecule has 0 bridgehead atoms. The SMILES string of the molecule is CC1(C)OCC(Nc2ccc(-c3cnco3)cc2)CO1. The Morgan fingerprint density at radius 3 is 2.45 bits per heavy atom. The molecule has 106 valence electrons. The van der Waals surface area contributed by atoms with Gasteiger partial charge in [0.2, 0.25) is 0 Å². The molecule has 20 heavy (non-hydrogen) atoms. The Morgan fingerprint density at radius 1 is 1.15 bits per heavy atom. The molecule has 1 N–H and O–H groups in total. The third kappa shape index (κ3) is 3.00. The summed E-state index contributed by atoms with van der Waals surface area (Å²) in [6.07, 6.45) is 3.13. The van der Waals surface area contributed by atoms with Crippen LogP contribution in [-0.2, 0) is 9.47 Å². The maximum absolute atomic E-state index is 5.62. The lowest BCUT2D eigenvalue weighted by atomic mass is 10.1. The van der Waals surface area contributed by atoms with Crippen molar-refractivity contribution in [1.29, 1.82) is 0 Å². The predicted molar refractivity (Wildman–Crippen MR) is 75.3 cm³/mol. The molecule has 1 aliphatic rings. The number of anilines is 1. The Balaban J connectivity index is 1.61. The second kappa shape index (κ2) is 5.26. The van der Waals surface area contributed by atoms with Crippen molar-refractivity contribution in [2.45, 2.75) is 25.7 Å². The monoisotopic (exact) mass is 274 g/mol. The van der Waals surface area contributed by atoms with Gasteiger partial charge in [-0.1, -0.05) is 0 Å². The maximum atomic E-state index is 5.62. The van der Waals surface area contributed by atoms with Crippen LogP contribution in [0, 0.1) is 0 Å². The molecule has 1 saturated heterocycles. The van der Waals surface area contributed by atoms with E-state index in [0.29, 0.717) is 13.2 Å². The molecule has 0 atom stereocenters. The second-order valence-electron chi connectivity index (χ2n) is 5.31. The number of aromatic nitrogens is 1. The van der Waals surface area contributed by atoms with E-state index in [1.165, 1.54) is 6.39 Å². The fourth-order valence-corrected chi connectivity index (χ4v) is 2.10. The third-order valence-corrected chi connectivity index (χ3v) is 3.24. The average molecular weight is 274 g/mol. The standard InChI is InChI=1S/C15H18N2O3/c1-15(2)19-8-13(9-20-15)17-12-5-3-11(4-6-12)14-7-16-10-18-14/h3-7,10,13,17H,8-9H2,1-2H3. The molecule has 1 aliphatic heterocycles. The van der Waals surface area contributed by atoms with Crippen LogP contribution in [0.4, 0.5) is 5.69 Å². The van der Waals surface area contributed by atoms with E-state index in [-0.39, 0.29) is 6.04 Å². The normalized spacial score (nSPS) is 18.9.